The van der Waals surface area contributed by atoms with Gasteiger partial charge in [-0.1, -0.05) is 12.1 Å². The average Bonchev–Trinajstić information content (AvgIpc) is 3.43. The number of carbonyl (C=O) groups is 1. The summed E-state index contributed by atoms with van der Waals surface area (Å²) < 4.78 is 2.20. The zero-order valence-electron chi connectivity index (χ0n) is 17.4. The van der Waals surface area contributed by atoms with Crippen molar-refractivity contribution < 1.29 is 4.79 Å². The number of carbonyl (C=O) groups excluding carboxylic acids is 1. The summed E-state index contributed by atoms with van der Waals surface area (Å²) in [5.41, 5.74) is 3.05. The van der Waals surface area contributed by atoms with Gasteiger partial charge in [0.1, 0.15) is 11.2 Å². The predicted octanol–water partition coefficient (Wildman–Crippen LogP) is 2.62. The van der Waals surface area contributed by atoms with Crippen molar-refractivity contribution in [2.45, 2.75) is 11.1 Å². The average molecular weight is 435 g/mol. The molecule has 0 bridgehead atoms. The van der Waals surface area contributed by atoms with Crippen molar-refractivity contribution in [1.29, 1.82) is 0 Å². The van der Waals surface area contributed by atoms with Crippen LogP contribution in [0.4, 0.5) is 5.82 Å². The van der Waals surface area contributed by atoms with Crippen LogP contribution in [0.25, 0.3) is 0 Å². The van der Waals surface area contributed by atoms with Crippen molar-refractivity contribution in [3.63, 3.8) is 0 Å². The van der Waals surface area contributed by atoms with Gasteiger partial charge >= 0.3 is 0 Å². The lowest BCUT2D eigenvalue weighted by atomic mass is 10.2. The summed E-state index contributed by atoms with van der Waals surface area (Å²) in [5, 5.41) is 3.31. The molecule has 5 rings (SSSR count). The van der Waals surface area contributed by atoms with Gasteiger partial charge in [0.25, 0.3) is 5.91 Å². The minimum Gasteiger partial charge on any atom is -0.354 e. The van der Waals surface area contributed by atoms with E-state index in [2.05, 4.69) is 41.8 Å². The Labute approximate surface area is 186 Å². The molecular formula is C23H26N6OS. The third-order valence-electron chi connectivity index (χ3n) is 5.93. The van der Waals surface area contributed by atoms with E-state index in [-0.39, 0.29) is 11.3 Å². The van der Waals surface area contributed by atoms with Gasteiger partial charge in [0.05, 0.1) is 5.56 Å². The van der Waals surface area contributed by atoms with E-state index in [0.29, 0.717) is 6.54 Å². The monoisotopic (exact) mass is 434 g/mol. The number of hydrogen-bond acceptors (Lipinski definition) is 6. The summed E-state index contributed by atoms with van der Waals surface area (Å²) in [4.78, 5) is 26.2. The van der Waals surface area contributed by atoms with Gasteiger partial charge in [-0.05, 0) is 24.3 Å². The maximum atomic E-state index is 12.8. The van der Waals surface area contributed by atoms with Crippen LogP contribution < -0.4 is 10.2 Å². The SMILES string of the molecule is O=C(NCCN1CCN(c2ccccn2)CC1)c1ccn2c1CSC2c1cccnc1. The summed E-state index contributed by atoms with van der Waals surface area (Å²) >= 11 is 1.83. The molecule has 31 heavy (non-hydrogen) atoms. The summed E-state index contributed by atoms with van der Waals surface area (Å²) in [6.45, 7) is 5.42. The molecule has 0 saturated carbocycles. The number of thioether (sulfide) groups is 1. The summed E-state index contributed by atoms with van der Waals surface area (Å²) in [6, 6.07) is 12.0. The quantitative estimate of drug-likeness (QED) is 0.643. The van der Waals surface area contributed by atoms with Gasteiger partial charge in [-0.15, -0.1) is 11.8 Å². The highest BCUT2D eigenvalue weighted by molar-refractivity contribution is 7.99. The molecule has 5 heterocycles. The van der Waals surface area contributed by atoms with Crippen LogP contribution in [0.15, 0.2) is 61.2 Å². The van der Waals surface area contributed by atoms with E-state index in [1.165, 1.54) is 5.56 Å². The highest BCUT2D eigenvalue weighted by Crippen LogP contribution is 2.41. The number of amides is 1. The minimum atomic E-state index is 0.0216. The molecule has 0 spiro atoms. The topological polar surface area (TPSA) is 66.3 Å². The number of hydrogen-bond donors (Lipinski definition) is 1. The fourth-order valence-corrected chi connectivity index (χ4v) is 5.55. The molecule has 1 fully saturated rings. The molecule has 2 aliphatic rings. The number of nitrogens with one attached hydrogen (secondary N) is 1. The van der Waals surface area contributed by atoms with E-state index in [1.807, 2.05) is 54.6 Å². The Morgan fingerprint density at radius 1 is 1.10 bits per heavy atom. The highest BCUT2D eigenvalue weighted by Gasteiger charge is 2.28. The van der Waals surface area contributed by atoms with Gasteiger partial charge < -0.3 is 14.8 Å². The first-order valence-electron chi connectivity index (χ1n) is 10.7. The fourth-order valence-electron chi connectivity index (χ4n) is 4.24. The molecule has 0 radical (unpaired) electrons. The van der Waals surface area contributed by atoms with Gasteiger partial charge in [0, 0.05) is 81.1 Å². The van der Waals surface area contributed by atoms with Crippen LogP contribution in [0.1, 0.15) is 27.0 Å². The Morgan fingerprint density at radius 3 is 2.77 bits per heavy atom. The summed E-state index contributed by atoms with van der Waals surface area (Å²) in [7, 11) is 0. The number of rotatable bonds is 6. The number of pyridine rings is 2. The lowest BCUT2D eigenvalue weighted by Crippen LogP contribution is -2.48. The molecule has 0 aliphatic carbocycles. The van der Waals surface area contributed by atoms with Gasteiger partial charge in [0.2, 0.25) is 0 Å². The molecule has 1 N–H and O–H groups in total. The summed E-state index contributed by atoms with van der Waals surface area (Å²) in [6.07, 6.45) is 7.56. The van der Waals surface area contributed by atoms with Crippen molar-refractivity contribution in [2.75, 3.05) is 44.2 Å². The second-order valence-electron chi connectivity index (χ2n) is 7.81. The van der Waals surface area contributed by atoms with Crippen molar-refractivity contribution in [3.05, 3.63) is 78.0 Å². The fraction of sp³-hybridized carbons (Fsp3) is 0.348. The van der Waals surface area contributed by atoms with E-state index in [1.54, 1.807) is 6.20 Å². The molecule has 3 aromatic heterocycles. The van der Waals surface area contributed by atoms with Crippen molar-refractivity contribution in [2.24, 2.45) is 0 Å². The van der Waals surface area contributed by atoms with Crippen LogP contribution in [0.3, 0.4) is 0 Å². The highest BCUT2D eigenvalue weighted by atomic mass is 32.2. The minimum absolute atomic E-state index is 0.0216. The van der Waals surface area contributed by atoms with Crippen molar-refractivity contribution in [1.82, 2.24) is 24.8 Å². The Hall–Kier alpha value is -2.84. The van der Waals surface area contributed by atoms with E-state index < -0.39 is 0 Å². The van der Waals surface area contributed by atoms with Gasteiger partial charge in [-0.3, -0.25) is 14.7 Å². The van der Waals surface area contributed by atoms with E-state index in [4.69, 9.17) is 0 Å². The first-order valence-corrected chi connectivity index (χ1v) is 11.7. The number of anilines is 1. The molecule has 2 aliphatic heterocycles. The normalized spacial score (nSPS) is 18.7. The second-order valence-corrected chi connectivity index (χ2v) is 8.87. The Bertz CT molecular complexity index is 1020. The molecule has 0 aromatic carbocycles. The second kappa shape index (κ2) is 9.11. The van der Waals surface area contributed by atoms with Gasteiger partial charge in [-0.25, -0.2) is 4.98 Å². The summed E-state index contributed by atoms with van der Waals surface area (Å²) in [5.74, 6) is 1.90. The van der Waals surface area contributed by atoms with Crippen LogP contribution >= 0.6 is 11.8 Å². The first kappa shape index (κ1) is 20.1. The third kappa shape index (κ3) is 4.31. The molecule has 1 saturated heterocycles. The Morgan fingerprint density at radius 2 is 2.00 bits per heavy atom. The molecule has 1 unspecified atom stereocenters. The van der Waals surface area contributed by atoms with E-state index >= 15 is 0 Å². The lowest BCUT2D eigenvalue weighted by molar-refractivity contribution is 0.0947. The van der Waals surface area contributed by atoms with Crippen LogP contribution in [-0.2, 0) is 5.75 Å². The molecule has 8 heteroatoms. The maximum Gasteiger partial charge on any atom is 0.253 e. The largest absolute Gasteiger partial charge is 0.354 e. The number of fused-ring (bicyclic) bond motifs is 1. The Kier molecular flexibility index (Phi) is 5.90. The van der Waals surface area contributed by atoms with Crippen LogP contribution in [-0.4, -0.2) is 64.6 Å². The molecule has 7 nitrogen and oxygen atoms in total. The Balaban J connectivity index is 1.12. The zero-order valence-corrected chi connectivity index (χ0v) is 18.2. The molecule has 1 amide bonds. The number of piperazine rings is 1. The van der Waals surface area contributed by atoms with Crippen molar-refractivity contribution >= 4 is 23.5 Å². The molecule has 1 atom stereocenters. The van der Waals surface area contributed by atoms with E-state index in [9.17, 15) is 4.79 Å². The lowest BCUT2D eigenvalue weighted by Gasteiger charge is -2.35. The zero-order chi connectivity index (χ0) is 21.0. The van der Waals surface area contributed by atoms with E-state index in [0.717, 1.165) is 55.6 Å². The third-order valence-corrected chi connectivity index (χ3v) is 7.18. The molecule has 3 aromatic rings. The predicted molar refractivity (Wildman–Crippen MR) is 123 cm³/mol. The maximum absolute atomic E-state index is 12.8. The van der Waals surface area contributed by atoms with Crippen LogP contribution in [0.5, 0.6) is 0 Å². The smallest absolute Gasteiger partial charge is 0.253 e. The first-order chi connectivity index (χ1) is 15.3. The molecule has 160 valence electrons. The standard InChI is InChI=1S/C23H26N6OS/c30-22(19-6-10-29-20(19)17-31-23(29)18-4-3-7-24-16-18)26-9-11-27-12-14-28(15-13-27)21-5-1-2-8-25-21/h1-8,10,16,23H,9,11-15,17H2,(H,26,30). The number of nitrogens with zero attached hydrogens (tertiary/aromatic N) is 5. The van der Waals surface area contributed by atoms with Gasteiger partial charge in [0.15, 0.2) is 0 Å². The van der Waals surface area contributed by atoms with Crippen LogP contribution in [0, 0.1) is 0 Å². The van der Waals surface area contributed by atoms with Gasteiger partial charge in [-0.2, -0.15) is 0 Å². The van der Waals surface area contributed by atoms with Crippen LogP contribution in [0.2, 0.25) is 0 Å². The van der Waals surface area contributed by atoms with Crippen molar-refractivity contribution in [3.8, 4) is 0 Å². The molecular weight excluding hydrogens is 408 g/mol. The number of aromatic nitrogens is 3.